The number of aromatic nitrogens is 2. The van der Waals surface area contributed by atoms with E-state index in [4.69, 9.17) is 29.0 Å². The fraction of sp³-hybridized carbons (Fsp3) is 0.395. The lowest BCUT2D eigenvalue weighted by Gasteiger charge is -2.19. The van der Waals surface area contributed by atoms with Crippen LogP contribution in [-0.2, 0) is 45.4 Å². The number of hydrogen-bond donors (Lipinski definition) is 5. The van der Waals surface area contributed by atoms with Gasteiger partial charge in [0.15, 0.2) is 0 Å². The molecule has 2 atom stereocenters. The third kappa shape index (κ3) is 11.9. The second kappa shape index (κ2) is 20.8. The smallest absolute Gasteiger partial charge is 0.317 e. The summed E-state index contributed by atoms with van der Waals surface area (Å²) in [6.45, 7) is 4.91. The summed E-state index contributed by atoms with van der Waals surface area (Å²) in [4.78, 5) is 55.1. The van der Waals surface area contributed by atoms with Crippen LogP contribution in [0.3, 0.4) is 0 Å². The zero-order chi connectivity index (χ0) is 42.8. The maximum atomic E-state index is 11.7. The molecule has 2 amide bonds. The number of aliphatic carboxylic acids is 2. The Morgan fingerprint density at radius 1 is 0.717 bits per heavy atom. The molecule has 15 nitrogen and oxygen atoms in total. The topological polar surface area (TPSA) is 208 Å². The molecular weight excluding hydrogens is 906 g/mol. The molecule has 2 aliphatic heterocycles. The predicted octanol–water partition coefficient (Wildman–Crippen LogP) is 6.34. The predicted molar refractivity (Wildman–Crippen MR) is 227 cm³/mol. The minimum atomic E-state index is -0.986. The summed E-state index contributed by atoms with van der Waals surface area (Å²) in [6.07, 6.45) is 3.07. The molecule has 0 spiro atoms. The van der Waals surface area contributed by atoms with Crippen molar-refractivity contribution in [1.82, 2.24) is 25.9 Å². The van der Waals surface area contributed by atoms with E-state index in [2.05, 4.69) is 64.9 Å². The Hall–Kier alpha value is -5.26. The molecule has 0 radical (unpaired) electrons. The van der Waals surface area contributed by atoms with E-state index in [0.29, 0.717) is 70.7 Å². The van der Waals surface area contributed by atoms with Crippen molar-refractivity contribution in [2.75, 3.05) is 19.8 Å². The van der Waals surface area contributed by atoms with Crippen LogP contribution in [-0.4, -0.2) is 75.8 Å². The number of aryl methyl sites for hydroxylation is 1. The Morgan fingerprint density at radius 3 is 1.68 bits per heavy atom. The number of pyridine rings is 2. The van der Waals surface area contributed by atoms with E-state index in [9.17, 15) is 24.3 Å². The zero-order valence-electron chi connectivity index (χ0n) is 33.3. The molecule has 0 unspecified atom stereocenters. The molecule has 2 aromatic carbocycles. The van der Waals surface area contributed by atoms with Gasteiger partial charge in [0.2, 0.25) is 35.3 Å². The van der Waals surface area contributed by atoms with Gasteiger partial charge in [-0.3, -0.25) is 19.2 Å². The molecule has 4 aromatic rings. The van der Waals surface area contributed by atoms with Gasteiger partial charge in [-0.15, -0.1) is 0 Å². The van der Waals surface area contributed by atoms with Crippen LogP contribution in [0.25, 0.3) is 11.1 Å². The molecular formula is C43H47Br2N5O10. The molecule has 0 saturated carbocycles. The highest BCUT2D eigenvalue weighted by molar-refractivity contribution is 9.10. The summed E-state index contributed by atoms with van der Waals surface area (Å²) in [5.41, 5.74) is 7.33. The van der Waals surface area contributed by atoms with Gasteiger partial charge in [0.25, 0.3) is 0 Å². The normalized spacial score (nSPS) is 16.0. The Balaban J connectivity index is 1.16. The van der Waals surface area contributed by atoms with Crippen molar-refractivity contribution in [1.29, 1.82) is 0 Å². The number of carboxylic acid groups (broad SMARTS) is 2. The molecule has 2 aromatic heterocycles. The molecule has 5 N–H and O–H groups in total. The maximum Gasteiger partial charge on any atom is 0.317 e. The van der Waals surface area contributed by atoms with Crippen LogP contribution < -0.4 is 34.9 Å². The first-order chi connectivity index (χ1) is 28.8. The summed E-state index contributed by atoms with van der Waals surface area (Å²) in [5, 5.41) is 26.9. The number of ether oxygens (including phenoxy) is 4. The number of benzene rings is 2. The van der Waals surface area contributed by atoms with Crippen molar-refractivity contribution in [3.8, 4) is 34.6 Å². The highest BCUT2D eigenvalue weighted by atomic mass is 79.9. The number of carbonyl (C=O) groups is 4. The molecule has 6 rings (SSSR count). The van der Waals surface area contributed by atoms with Gasteiger partial charge >= 0.3 is 11.9 Å². The number of hydrogen-bond acceptors (Lipinski definition) is 11. The molecule has 2 fully saturated rings. The fourth-order valence-corrected chi connectivity index (χ4v) is 7.96. The van der Waals surface area contributed by atoms with Gasteiger partial charge < -0.3 is 45.1 Å². The molecule has 60 heavy (non-hydrogen) atoms. The minimum Gasteiger partial charge on any atom is -0.481 e. The average molecular weight is 954 g/mol. The van der Waals surface area contributed by atoms with Crippen molar-refractivity contribution in [3.63, 3.8) is 0 Å². The number of carbonyl (C=O) groups excluding carboxylic acids is 2. The van der Waals surface area contributed by atoms with Crippen LogP contribution in [0.5, 0.6) is 23.5 Å². The van der Waals surface area contributed by atoms with E-state index in [1.807, 2.05) is 44.2 Å². The number of nitrogens with one attached hydrogen (secondary N) is 3. The summed E-state index contributed by atoms with van der Waals surface area (Å²) in [5.74, 6) is -0.657. The number of nitrogens with zero attached hydrogens (tertiary/aromatic N) is 2. The largest absolute Gasteiger partial charge is 0.481 e. The Bertz CT molecular complexity index is 2080. The third-order valence-corrected chi connectivity index (χ3v) is 11.5. The molecule has 0 aliphatic carbocycles. The standard InChI is InChI=1S/C43H47Br2N5O10/c1-24-27(20-57-42-34(44)16-26(6-5-11-38(53)54)40(49-42)59-22-30-12-14-36(51)47-30)7-3-9-32(24)33-10-4-8-28(25(33)2)21-58-43-35(45)17-29(18-46-19-39(55)56)41(50-43)60-23-31-13-15-37(52)48-31/h3-4,7-10,16-17,30-31,46H,5-6,11-15,18-23H2,1-2H3,(H,47,51)(H,48,52)(H,53,54)(H,55,56)/t30-,31-/m0/s1. The zero-order valence-corrected chi connectivity index (χ0v) is 36.4. The monoisotopic (exact) mass is 951 g/mol. The number of amides is 2. The average Bonchev–Trinajstić information content (AvgIpc) is 3.83. The number of rotatable bonds is 21. The lowest BCUT2D eigenvalue weighted by atomic mass is 9.92. The summed E-state index contributed by atoms with van der Waals surface area (Å²) in [7, 11) is 0. The highest BCUT2D eigenvalue weighted by Crippen LogP contribution is 2.35. The van der Waals surface area contributed by atoms with E-state index in [1.54, 1.807) is 6.07 Å². The highest BCUT2D eigenvalue weighted by Gasteiger charge is 2.24. The van der Waals surface area contributed by atoms with E-state index in [-0.39, 0.29) is 75.7 Å². The Morgan fingerprint density at radius 2 is 1.22 bits per heavy atom. The lowest BCUT2D eigenvalue weighted by Crippen LogP contribution is -2.31. The number of carboxylic acids is 2. The van der Waals surface area contributed by atoms with Crippen LogP contribution in [0.1, 0.15) is 71.9 Å². The summed E-state index contributed by atoms with van der Waals surface area (Å²) in [6, 6.07) is 15.4. The van der Waals surface area contributed by atoms with E-state index >= 15 is 0 Å². The van der Waals surface area contributed by atoms with Crippen LogP contribution in [0.2, 0.25) is 0 Å². The fourth-order valence-electron chi connectivity index (χ4n) is 7.00. The molecule has 0 bridgehead atoms. The van der Waals surface area contributed by atoms with Crippen LogP contribution >= 0.6 is 31.9 Å². The lowest BCUT2D eigenvalue weighted by molar-refractivity contribution is -0.137. The first-order valence-electron chi connectivity index (χ1n) is 19.6. The molecule has 17 heteroatoms. The first-order valence-corrected chi connectivity index (χ1v) is 21.2. The Kier molecular flexibility index (Phi) is 15.4. The maximum absolute atomic E-state index is 11.7. The molecule has 2 aliphatic rings. The van der Waals surface area contributed by atoms with E-state index in [0.717, 1.165) is 38.9 Å². The van der Waals surface area contributed by atoms with E-state index < -0.39 is 11.9 Å². The summed E-state index contributed by atoms with van der Waals surface area (Å²) >= 11 is 7.16. The molecule has 318 valence electrons. The quantitative estimate of drug-likeness (QED) is 0.0619. The molecule has 2 saturated heterocycles. The third-order valence-electron chi connectivity index (χ3n) is 10.3. The Labute approximate surface area is 364 Å². The van der Waals surface area contributed by atoms with Crippen molar-refractivity contribution >= 4 is 55.6 Å². The molecule has 4 heterocycles. The van der Waals surface area contributed by atoms with Gasteiger partial charge in [0.05, 0.1) is 27.6 Å². The second-order valence-corrected chi connectivity index (χ2v) is 16.4. The van der Waals surface area contributed by atoms with Crippen molar-refractivity contribution < 1.29 is 48.3 Å². The van der Waals surface area contributed by atoms with Crippen molar-refractivity contribution in [2.45, 2.75) is 90.6 Å². The second-order valence-electron chi connectivity index (χ2n) is 14.7. The first kappa shape index (κ1) is 44.3. The van der Waals surface area contributed by atoms with Gasteiger partial charge in [0, 0.05) is 36.9 Å². The van der Waals surface area contributed by atoms with Crippen LogP contribution in [0.15, 0.2) is 57.5 Å². The van der Waals surface area contributed by atoms with E-state index in [1.165, 1.54) is 0 Å². The SMILES string of the molecule is Cc1c(COc2nc(OC[C@@H]3CCC(=O)N3)c(CCCC(=O)O)cc2Br)cccc1-c1cccc(COc2nc(OC[C@@H]3CCC(=O)N3)c(CNCC(=O)O)cc2Br)c1C. The van der Waals surface area contributed by atoms with Gasteiger partial charge in [-0.1, -0.05) is 36.4 Å². The van der Waals surface area contributed by atoms with Gasteiger partial charge in [-0.25, -0.2) is 0 Å². The van der Waals surface area contributed by atoms with Gasteiger partial charge in [0.1, 0.15) is 26.4 Å². The minimum absolute atomic E-state index is 0.0130. The summed E-state index contributed by atoms with van der Waals surface area (Å²) < 4.78 is 25.9. The van der Waals surface area contributed by atoms with Crippen LogP contribution in [0.4, 0.5) is 0 Å². The number of halogens is 2. The van der Waals surface area contributed by atoms with Crippen LogP contribution in [0, 0.1) is 13.8 Å². The van der Waals surface area contributed by atoms with Gasteiger partial charge in [-0.2, -0.15) is 9.97 Å². The van der Waals surface area contributed by atoms with Crippen molar-refractivity contribution in [2.24, 2.45) is 0 Å². The van der Waals surface area contributed by atoms with Gasteiger partial charge in [-0.05, 0) is 117 Å². The van der Waals surface area contributed by atoms with Crippen molar-refractivity contribution in [3.05, 3.63) is 90.9 Å².